The van der Waals surface area contributed by atoms with Gasteiger partial charge in [-0.2, -0.15) is 0 Å². The fraction of sp³-hybridized carbons (Fsp3) is 0.500. The van der Waals surface area contributed by atoms with E-state index in [1.807, 2.05) is 35.4 Å². The molecule has 2 amide bonds. The molecule has 1 fully saturated rings. The maximum absolute atomic E-state index is 12.5. The molecule has 0 saturated carbocycles. The summed E-state index contributed by atoms with van der Waals surface area (Å²) in [4.78, 5) is 18.9. The van der Waals surface area contributed by atoms with Crippen LogP contribution in [0, 0.1) is 5.92 Å². The van der Waals surface area contributed by atoms with Gasteiger partial charge >= 0.3 is 6.03 Å². The maximum Gasteiger partial charge on any atom is 0.321 e. The molecule has 0 unspecified atom stereocenters. The van der Waals surface area contributed by atoms with Crippen LogP contribution < -0.4 is 10.1 Å². The van der Waals surface area contributed by atoms with Crippen LogP contribution in [0.4, 0.5) is 10.5 Å². The summed E-state index contributed by atoms with van der Waals surface area (Å²) in [5.74, 6) is 2.83. The van der Waals surface area contributed by atoms with E-state index in [1.165, 1.54) is 0 Å². The number of hydrogen-bond donors (Lipinski definition) is 1. The summed E-state index contributed by atoms with van der Waals surface area (Å²) in [7, 11) is 1.61. The molecule has 0 aliphatic carbocycles. The van der Waals surface area contributed by atoms with Crippen molar-refractivity contribution in [3.05, 3.63) is 42.5 Å². The smallest absolute Gasteiger partial charge is 0.321 e. The molecule has 1 aliphatic heterocycles. The Morgan fingerprint density at radius 1 is 1.31 bits per heavy atom. The molecule has 1 saturated heterocycles. The summed E-state index contributed by atoms with van der Waals surface area (Å²) >= 11 is 0. The number of aromatic nitrogens is 2. The van der Waals surface area contributed by atoms with Crippen LogP contribution in [0.2, 0.25) is 0 Å². The minimum atomic E-state index is -0.0570. The molecule has 2 heterocycles. The Morgan fingerprint density at radius 2 is 2.04 bits per heavy atom. The number of anilines is 1. The van der Waals surface area contributed by atoms with Crippen molar-refractivity contribution < 1.29 is 9.53 Å². The number of urea groups is 1. The molecule has 2 aromatic rings. The van der Waals surface area contributed by atoms with Crippen molar-refractivity contribution in [3.8, 4) is 5.75 Å². The lowest BCUT2D eigenvalue weighted by atomic mass is 9.96. The molecule has 0 bridgehead atoms. The second-order valence-electron chi connectivity index (χ2n) is 7.15. The van der Waals surface area contributed by atoms with E-state index in [-0.39, 0.29) is 6.03 Å². The predicted molar refractivity (Wildman–Crippen MR) is 103 cm³/mol. The van der Waals surface area contributed by atoms with Crippen LogP contribution >= 0.6 is 0 Å². The lowest BCUT2D eigenvalue weighted by Crippen LogP contribution is -2.41. The van der Waals surface area contributed by atoms with E-state index in [4.69, 9.17) is 4.74 Å². The van der Waals surface area contributed by atoms with Crippen molar-refractivity contribution in [2.45, 2.75) is 39.2 Å². The van der Waals surface area contributed by atoms with Crippen LogP contribution in [0.15, 0.2) is 36.7 Å². The van der Waals surface area contributed by atoms with Gasteiger partial charge in [0.2, 0.25) is 0 Å². The van der Waals surface area contributed by atoms with E-state index in [9.17, 15) is 4.79 Å². The number of para-hydroxylation sites is 2. The van der Waals surface area contributed by atoms with Gasteiger partial charge in [-0.1, -0.05) is 26.0 Å². The van der Waals surface area contributed by atoms with Gasteiger partial charge in [0.15, 0.2) is 0 Å². The largest absolute Gasteiger partial charge is 0.495 e. The predicted octanol–water partition coefficient (Wildman–Crippen LogP) is 3.96. The second kappa shape index (κ2) is 8.25. The van der Waals surface area contributed by atoms with Gasteiger partial charge in [-0.05, 0) is 30.9 Å². The Balaban J connectivity index is 1.53. The summed E-state index contributed by atoms with van der Waals surface area (Å²) in [6.45, 7) is 6.87. The fourth-order valence-corrected chi connectivity index (χ4v) is 3.51. The molecular formula is C20H28N4O2. The average Bonchev–Trinajstić information content (AvgIpc) is 3.11. The zero-order valence-corrected chi connectivity index (χ0v) is 15.8. The first-order valence-corrected chi connectivity index (χ1v) is 9.28. The van der Waals surface area contributed by atoms with Crippen LogP contribution in [0.1, 0.15) is 38.4 Å². The van der Waals surface area contributed by atoms with Gasteiger partial charge in [-0.25, -0.2) is 9.78 Å². The van der Waals surface area contributed by atoms with Crippen molar-refractivity contribution in [1.29, 1.82) is 0 Å². The zero-order chi connectivity index (χ0) is 18.5. The first kappa shape index (κ1) is 18.3. The molecule has 3 rings (SSSR count). The van der Waals surface area contributed by atoms with Crippen molar-refractivity contribution in [2.75, 3.05) is 25.5 Å². The first-order chi connectivity index (χ1) is 12.6. The SMILES string of the molecule is COc1ccccc1NC(=O)N1CCC(Cn2ccnc2C(C)C)CC1. The highest BCUT2D eigenvalue weighted by atomic mass is 16.5. The quantitative estimate of drug-likeness (QED) is 0.882. The van der Waals surface area contributed by atoms with Gasteiger partial charge in [0.25, 0.3) is 0 Å². The number of rotatable bonds is 5. The van der Waals surface area contributed by atoms with Gasteiger partial charge in [-0.3, -0.25) is 0 Å². The third kappa shape index (κ3) is 4.18. The highest BCUT2D eigenvalue weighted by Crippen LogP contribution is 2.25. The highest BCUT2D eigenvalue weighted by Gasteiger charge is 2.24. The molecule has 6 heteroatoms. The van der Waals surface area contributed by atoms with E-state index in [0.717, 1.165) is 38.3 Å². The zero-order valence-electron chi connectivity index (χ0n) is 15.8. The number of carbonyl (C=O) groups excluding carboxylic acids is 1. The normalized spacial score (nSPS) is 15.3. The maximum atomic E-state index is 12.5. The number of benzene rings is 1. The molecule has 140 valence electrons. The molecule has 6 nitrogen and oxygen atoms in total. The van der Waals surface area contributed by atoms with Crippen molar-refractivity contribution in [1.82, 2.24) is 14.5 Å². The molecule has 1 aliphatic rings. The van der Waals surface area contributed by atoms with Crippen LogP contribution in [-0.2, 0) is 6.54 Å². The molecule has 1 N–H and O–H groups in total. The van der Waals surface area contributed by atoms with E-state index in [2.05, 4.69) is 34.9 Å². The summed E-state index contributed by atoms with van der Waals surface area (Å²) < 4.78 is 7.56. The number of likely N-dealkylation sites (tertiary alicyclic amines) is 1. The minimum Gasteiger partial charge on any atom is -0.495 e. The molecule has 1 aromatic carbocycles. The van der Waals surface area contributed by atoms with Gasteiger partial charge in [0.05, 0.1) is 12.8 Å². The fourth-order valence-electron chi connectivity index (χ4n) is 3.51. The van der Waals surface area contributed by atoms with Gasteiger partial charge < -0.3 is 19.5 Å². The van der Waals surface area contributed by atoms with E-state index in [0.29, 0.717) is 23.3 Å². The van der Waals surface area contributed by atoms with Crippen LogP contribution in [0.3, 0.4) is 0 Å². The number of carbonyl (C=O) groups is 1. The molecule has 0 spiro atoms. The topological polar surface area (TPSA) is 59.4 Å². The summed E-state index contributed by atoms with van der Waals surface area (Å²) in [5, 5.41) is 2.96. The first-order valence-electron chi connectivity index (χ1n) is 9.28. The van der Waals surface area contributed by atoms with Gasteiger partial charge in [-0.15, -0.1) is 0 Å². The highest BCUT2D eigenvalue weighted by molar-refractivity contribution is 5.91. The number of nitrogens with zero attached hydrogens (tertiary/aromatic N) is 3. The summed E-state index contributed by atoms with van der Waals surface area (Å²) in [5.41, 5.74) is 0.710. The Morgan fingerprint density at radius 3 is 2.73 bits per heavy atom. The molecule has 0 atom stereocenters. The van der Waals surface area contributed by atoms with E-state index >= 15 is 0 Å². The minimum absolute atomic E-state index is 0.0570. The standard InChI is InChI=1S/C20H28N4O2/c1-15(2)19-21-10-13-24(19)14-16-8-11-23(12-9-16)20(25)22-17-6-4-5-7-18(17)26-3/h4-7,10,13,15-16H,8-9,11-12,14H2,1-3H3,(H,22,25). The van der Waals surface area contributed by atoms with Crippen LogP contribution in [0.25, 0.3) is 0 Å². The van der Waals surface area contributed by atoms with E-state index in [1.54, 1.807) is 7.11 Å². The van der Waals surface area contributed by atoms with Gasteiger partial charge in [0, 0.05) is 37.9 Å². The number of ether oxygens (including phenoxy) is 1. The number of piperidine rings is 1. The van der Waals surface area contributed by atoms with Crippen LogP contribution in [0.5, 0.6) is 5.75 Å². The third-order valence-corrected chi connectivity index (χ3v) is 4.97. The van der Waals surface area contributed by atoms with Crippen LogP contribution in [-0.4, -0.2) is 40.7 Å². The summed E-state index contributed by atoms with van der Waals surface area (Å²) in [6.07, 6.45) is 5.96. The van der Waals surface area contributed by atoms with Crippen molar-refractivity contribution in [2.24, 2.45) is 5.92 Å². The Kier molecular flexibility index (Phi) is 5.81. The molecule has 1 aromatic heterocycles. The third-order valence-electron chi connectivity index (χ3n) is 4.97. The lowest BCUT2D eigenvalue weighted by Gasteiger charge is -2.32. The second-order valence-corrected chi connectivity index (χ2v) is 7.15. The molecule has 0 radical (unpaired) electrons. The van der Waals surface area contributed by atoms with Crippen molar-refractivity contribution in [3.63, 3.8) is 0 Å². The van der Waals surface area contributed by atoms with Crippen molar-refractivity contribution >= 4 is 11.7 Å². The lowest BCUT2D eigenvalue weighted by molar-refractivity contribution is 0.176. The average molecular weight is 356 g/mol. The monoisotopic (exact) mass is 356 g/mol. The number of hydrogen-bond acceptors (Lipinski definition) is 3. The summed E-state index contributed by atoms with van der Waals surface area (Å²) in [6, 6.07) is 7.43. The number of imidazole rings is 1. The Labute approximate surface area is 155 Å². The Bertz CT molecular complexity index is 733. The molecule has 26 heavy (non-hydrogen) atoms. The number of nitrogens with one attached hydrogen (secondary N) is 1. The molecular weight excluding hydrogens is 328 g/mol. The van der Waals surface area contributed by atoms with Gasteiger partial charge in [0.1, 0.15) is 11.6 Å². The Hall–Kier alpha value is -2.50. The number of methoxy groups -OCH3 is 1. The van der Waals surface area contributed by atoms with E-state index < -0.39 is 0 Å². The number of amides is 2.